The van der Waals surface area contributed by atoms with Crippen LogP contribution in [-0.4, -0.2) is 60.4 Å². The molecule has 2 heterocycles. The number of amides is 2. The highest BCUT2D eigenvalue weighted by molar-refractivity contribution is 5.93. The van der Waals surface area contributed by atoms with E-state index in [1.54, 1.807) is 17.1 Å². The third-order valence-electron chi connectivity index (χ3n) is 3.79. The smallest absolute Gasteiger partial charge is 0.247 e. The Morgan fingerprint density at radius 1 is 1.15 bits per heavy atom. The molecule has 0 bridgehead atoms. The van der Waals surface area contributed by atoms with Crippen LogP contribution < -0.4 is 5.32 Å². The Morgan fingerprint density at radius 3 is 2.60 bits per heavy atom. The molecule has 0 saturated carbocycles. The molecule has 0 aromatic heterocycles. The van der Waals surface area contributed by atoms with Gasteiger partial charge in [0.15, 0.2) is 0 Å². The van der Waals surface area contributed by atoms with Gasteiger partial charge < -0.3 is 15.1 Å². The van der Waals surface area contributed by atoms with Crippen molar-refractivity contribution in [3.63, 3.8) is 0 Å². The van der Waals surface area contributed by atoms with E-state index in [-0.39, 0.29) is 17.9 Å². The Morgan fingerprint density at radius 2 is 1.90 bits per heavy atom. The molecule has 2 amide bonds. The molecule has 1 unspecified atom stereocenters. The molecule has 5 nitrogen and oxygen atoms in total. The number of rotatable bonds is 3. The monoisotopic (exact) mass is 277 g/mol. The molecular weight excluding hydrogens is 254 g/mol. The van der Waals surface area contributed by atoms with Gasteiger partial charge in [0, 0.05) is 38.8 Å². The van der Waals surface area contributed by atoms with Gasteiger partial charge in [0.05, 0.1) is 0 Å². The maximum atomic E-state index is 12.5. The molecule has 2 fully saturated rings. The molecule has 0 aromatic rings. The zero-order valence-electron chi connectivity index (χ0n) is 12.0. The summed E-state index contributed by atoms with van der Waals surface area (Å²) in [6.45, 7) is 5.75. The number of hydrogen-bond donors (Lipinski definition) is 1. The van der Waals surface area contributed by atoms with Gasteiger partial charge in [-0.25, -0.2) is 0 Å². The average Bonchev–Trinajstić information content (AvgIpc) is 2.97. The van der Waals surface area contributed by atoms with E-state index in [2.05, 4.69) is 5.32 Å². The van der Waals surface area contributed by atoms with Crippen LogP contribution in [0.4, 0.5) is 0 Å². The van der Waals surface area contributed by atoms with Crippen LogP contribution in [0.1, 0.15) is 19.8 Å². The van der Waals surface area contributed by atoms with E-state index < -0.39 is 0 Å². The van der Waals surface area contributed by atoms with Crippen molar-refractivity contribution in [2.24, 2.45) is 0 Å². The van der Waals surface area contributed by atoms with E-state index in [1.807, 2.05) is 24.0 Å². The Labute approximate surface area is 120 Å². The molecular formula is C15H23N3O2. The molecule has 110 valence electrons. The quantitative estimate of drug-likeness (QED) is 0.605. The van der Waals surface area contributed by atoms with E-state index in [0.717, 1.165) is 39.0 Å². The second-order valence-corrected chi connectivity index (χ2v) is 5.15. The summed E-state index contributed by atoms with van der Waals surface area (Å²) in [6.07, 6.45) is 8.66. The summed E-state index contributed by atoms with van der Waals surface area (Å²) >= 11 is 0. The van der Waals surface area contributed by atoms with Gasteiger partial charge in [-0.1, -0.05) is 18.2 Å². The zero-order chi connectivity index (χ0) is 14.4. The summed E-state index contributed by atoms with van der Waals surface area (Å²) in [5, 5.41) is 3.24. The fourth-order valence-corrected chi connectivity index (χ4v) is 2.73. The molecule has 0 radical (unpaired) electrons. The van der Waals surface area contributed by atoms with E-state index in [9.17, 15) is 9.59 Å². The third-order valence-corrected chi connectivity index (χ3v) is 3.79. The van der Waals surface area contributed by atoms with Crippen LogP contribution in [0.15, 0.2) is 24.3 Å². The minimum absolute atomic E-state index is 0.0610. The van der Waals surface area contributed by atoms with Gasteiger partial charge in [0.1, 0.15) is 6.04 Å². The molecule has 0 spiro atoms. The van der Waals surface area contributed by atoms with Gasteiger partial charge in [0.25, 0.3) is 0 Å². The Hall–Kier alpha value is -1.62. The lowest BCUT2D eigenvalue weighted by atomic mass is 10.1. The van der Waals surface area contributed by atoms with Crippen LogP contribution in [0.2, 0.25) is 0 Å². The highest BCUT2D eigenvalue weighted by atomic mass is 16.2. The van der Waals surface area contributed by atoms with Crippen LogP contribution in [0.5, 0.6) is 0 Å². The van der Waals surface area contributed by atoms with Crippen LogP contribution in [0.3, 0.4) is 0 Å². The second kappa shape index (κ2) is 7.24. The highest BCUT2D eigenvalue weighted by Gasteiger charge is 2.35. The van der Waals surface area contributed by atoms with Crippen molar-refractivity contribution in [2.45, 2.75) is 25.8 Å². The molecule has 1 atom stereocenters. The third kappa shape index (κ3) is 3.48. The summed E-state index contributed by atoms with van der Waals surface area (Å²) in [4.78, 5) is 28.2. The van der Waals surface area contributed by atoms with Crippen LogP contribution in [-0.2, 0) is 9.59 Å². The minimum atomic E-state index is -0.268. The first-order valence-electron chi connectivity index (χ1n) is 7.33. The largest absolute Gasteiger partial charge is 0.338 e. The number of likely N-dealkylation sites (tertiary alicyclic amines) is 1. The summed E-state index contributed by atoms with van der Waals surface area (Å²) in [5.41, 5.74) is 0. The van der Waals surface area contributed by atoms with Gasteiger partial charge in [-0.15, -0.1) is 0 Å². The fourth-order valence-electron chi connectivity index (χ4n) is 2.73. The molecule has 0 aliphatic carbocycles. The van der Waals surface area contributed by atoms with Gasteiger partial charge in [-0.05, 0) is 19.8 Å². The second-order valence-electron chi connectivity index (χ2n) is 5.15. The number of carbonyl (C=O) groups is 2. The molecule has 2 rings (SSSR count). The van der Waals surface area contributed by atoms with E-state index in [1.165, 1.54) is 0 Å². The Kier molecular flexibility index (Phi) is 5.35. The minimum Gasteiger partial charge on any atom is -0.338 e. The van der Waals surface area contributed by atoms with Crippen molar-refractivity contribution >= 4 is 11.8 Å². The Bertz CT molecular complexity index is 411. The topological polar surface area (TPSA) is 52.7 Å². The fraction of sp³-hybridized carbons (Fsp3) is 0.600. The molecule has 2 aliphatic heterocycles. The SMILES string of the molecule is CC=CC=CC(=O)N1CCCC1C(=O)N1CCNCC1. The maximum absolute atomic E-state index is 12.5. The molecule has 0 aromatic carbocycles. The molecule has 5 heteroatoms. The van der Waals surface area contributed by atoms with Gasteiger partial charge in [-0.2, -0.15) is 0 Å². The van der Waals surface area contributed by atoms with E-state index in [0.29, 0.717) is 6.54 Å². The number of nitrogens with one attached hydrogen (secondary N) is 1. The predicted octanol–water partition coefficient (Wildman–Crippen LogP) is 0.542. The lowest BCUT2D eigenvalue weighted by Crippen LogP contribution is -2.53. The first-order chi connectivity index (χ1) is 9.74. The van der Waals surface area contributed by atoms with E-state index in [4.69, 9.17) is 0 Å². The lowest BCUT2D eigenvalue weighted by Gasteiger charge is -2.32. The van der Waals surface area contributed by atoms with Crippen molar-refractivity contribution in [3.8, 4) is 0 Å². The number of piperazine rings is 1. The Balaban J connectivity index is 1.99. The average molecular weight is 277 g/mol. The molecule has 1 N–H and O–H groups in total. The summed E-state index contributed by atoms with van der Waals surface area (Å²) in [7, 11) is 0. The van der Waals surface area contributed by atoms with Gasteiger partial charge >= 0.3 is 0 Å². The van der Waals surface area contributed by atoms with Crippen LogP contribution in [0.25, 0.3) is 0 Å². The van der Waals surface area contributed by atoms with Crippen molar-refractivity contribution < 1.29 is 9.59 Å². The molecule has 2 aliphatic rings. The standard InChI is InChI=1S/C15H23N3O2/c1-2-3-4-7-14(19)18-10-5-6-13(18)15(20)17-11-8-16-9-12-17/h2-4,7,13,16H,5-6,8-12H2,1H3. The summed E-state index contributed by atoms with van der Waals surface area (Å²) < 4.78 is 0. The van der Waals surface area contributed by atoms with Gasteiger partial charge in [-0.3, -0.25) is 9.59 Å². The van der Waals surface area contributed by atoms with Crippen molar-refractivity contribution in [1.82, 2.24) is 15.1 Å². The molecule has 2 saturated heterocycles. The zero-order valence-corrected chi connectivity index (χ0v) is 12.0. The maximum Gasteiger partial charge on any atom is 0.247 e. The van der Waals surface area contributed by atoms with Crippen LogP contribution in [0, 0.1) is 0 Å². The van der Waals surface area contributed by atoms with E-state index >= 15 is 0 Å². The predicted molar refractivity (Wildman–Crippen MR) is 78.1 cm³/mol. The van der Waals surface area contributed by atoms with Crippen molar-refractivity contribution in [1.29, 1.82) is 0 Å². The van der Waals surface area contributed by atoms with Crippen molar-refractivity contribution in [2.75, 3.05) is 32.7 Å². The first kappa shape index (κ1) is 14.8. The summed E-state index contributed by atoms with van der Waals surface area (Å²) in [5.74, 6) is 0.0471. The number of allylic oxidation sites excluding steroid dienone is 3. The van der Waals surface area contributed by atoms with Crippen LogP contribution >= 0.6 is 0 Å². The first-order valence-corrected chi connectivity index (χ1v) is 7.33. The number of carbonyl (C=O) groups excluding carboxylic acids is 2. The number of hydrogen-bond acceptors (Lipinski definition) is 3. The number of nitrogens with zero attached hydrogens (tertiary/aromatic N) is 2. The normalized spacial score (nSPS) is 23.9. The summed E-state index contributed by atoms with van der Waals surface area (Å²) in [6, 6.07) is -0.268. The lowest BCUT2D eigenvalue weighted by molar-refractivity contribution is -0.142. The van der Waals surface area contributed by atoms with Gasteiger partial charge in [0.2, 0.25) is 11.8 Å². The van der Waals surface area contributed by atoms with Crippen molar-refractivity contribution in [3.05, 3.63) is 24.3 Å². The molecule has 20 heavy (non-hydrogen) atoms. The highest BCUT2D eigenvalue weighted by Crippen LogP contribution is 2.20.